The second-order valence-corrected chi connectivity index (χ2v) is 4.68. The van der Waals surface area contributed by atoms with Gasteiger partial charge in [0.1, 0.15) is 4.99 Å². The molecule has 2 N–H and O–H groups in total. The normalized spacial score (nSPS) is 10.5. The predicted molar refractivity (Wildman–Crippen MR) is 73.1 cm³/mol. The number of aryl methyl sites for hydroxylation is 2. The Bertz CT molecular complexity index is 537. The molecule has 0 saturated carbocycles. The van der Waals surface area contributed by atoms with Crippen molar-refractivity contribution < 1.29 is 0 Å². The van der Waals surface area contributed by atoms with E-state index in [0.717, 1.165) is 6.54 Å². The third-order valence-electron chi connectivity index (χ3n) is 2.57. The highest BCUT2D eigenvalue weighted by molar-refractivity contribution is 7.80. The van der Waals surface area contributed by atoms with E-state index in [0.29, 0.717) is 10.8 Å². The molecule has 2 rings (SSSR count). The Hall–Kier alpha value is -1.68. The number of hydrogen-bond donors (Lipinski definition) is 1. The fraction of sp³-hybridized carbons (Fsp3) is 0.231. The smallest absolute Gasteiger partial charge is 0.167 e. The largest absolute Gasteiger partial charge is 0.387 e. The molecule has 0 aliphatic heterocycles. The number of aromatic nitrogens is 2. The zero-order valence-corrected chi connectivity index (χ0v) is 10.8. The zero-order valence-electron chi connectivity index (χ0n) is 9.97. The van der Waals surface area contributed by atoms with E-state index in [2.05, 4.69) is 37.0 Å². The van der Waals surface area contributed by atoms with Gasteiger partial charge in [-0.25, -0.2) is 4.98 Å². The average Bonchev–Trinajstić information content (AvgIpc) is 2.63. The van der Waals surface area contributed by atoms with Crippen LogP contribution in [0.25, 0.3) is 0 Å². The van der Waals surface area contributed by atoms with Crippen LogP contribution in [0.4, 0.5) is 0 Å². The first kappa shape index (κ1) is 11.8. The zero-order chi connectivity index (χ0) is 12.4. The fourth-order valence-corrected chi connectivity index (χ4v) is 2.19. The van der Waals surface area contributed by atoms with Gasteiger partial charge in [0.15, 0.2) is 5.82 Å². The third kappa shape index (κ3) is 2.71. The lowest BCUT2D eigenvalue weighted by Gasteiger charge is -2.08. The van der Waals surface area contributed by atoms with Gasteiger partial charge < -0.3 is 10.3 Å². The SMILES string of the molecule is Cc1cc(C)cc(Cn2ccnc2C(N)=S)c1. The van der Waals surface area contributed by atoms with Crippen molar-refractivity contribution in [3.8, 4) is 0 Å². The van der Waals surface area contributed by atoms with Gasteiger partial charge >= 0.3 is 0 Å². The van der Waals surface area contributed by atoms with Crippen LogP contribution in [0.2, 0.25) is 0 Å². The summed E-state index contributed by atoms with van der Waals surface area (Å²) < 4.78 is 1.97. The Labute approximate surface area is 106 Å². The van der Waals surface area contributed by atoms with Gasteiger partial charge in [-0.05, 0) is 19.4 Å². The Morgan fingerprint density at radius 1 is 1.29 bits per heavy atom. The lowest BCUT2D eigenvalue weighted by Crippen LogP contribution is -2.17. The summed E-state index contributed by atoms with van der Waals surface area (Å²) in [6.07, 6.45) is 3.61. The minimum absolute atomic E-state index is 0.333. The van der Waals surface area contributed by atoms with E-state index < -0.39 is 0 Å². The Balaban J connectivity index is 2.31. The van der Waals surface area contributed by atoms with Crippen LogP contribution in [0, 0.1) is 13.8 Å². The molecule has 0 fully saturated rings. The van der Waals surface area contributed by atoms with Crippen LogP contribution in [0.3, 0.4) is 0 Å². The number of thiocarbonyl (C=S) groups is 1. The van der Waals surface area contributed by atoms with Crippen LogP contribution in [0.15, 0.2) is 30.6 Å². The van der Waals surface area contributed by atoms with E-state index in [1.165, 1.54) is 16.7 Å². The highest BCUT2D eigenvalue weighted by Crippen LogP contribution is 2.11. The molecular weight excluding hydrogens is 230 g/mol. The summed E-state index contributed by atoms with van der Waals surface area (Å²) >= 11 is 4.97. The van der Waals surface area contributed by atoms with Crippen molar-refractivity contribution in [3.05, 3.63) is 53.1 Å². The molecule has 0 aliphatic rings. The van der Waals surface area contributed by atoms with E-state index in [1.54, 1.807) is 6.20 Å². The van der Waals surface area contributed by atoms with Gasteiger partial charge in [0, 0.05) is 18.9 Å². The third-order valence-corrected chi connectivity index (χ3v) is 2.75. The van der Waals surface area contributed by atoms with E-state index in [-0.39, 0.29) is 0 Å². The van der Waals surface area contributed by atoms with Crippen molar-refractivity contribution in [2.75, 3.05) is 0 Å². The summed E-state index contributed by atoms with van der Waals surface area (Å²) in [5.74, 6) is 0.666. The van der Waals surface area contributed by atoms with Gasteiger partial charge in [0.05, 0.1) is 0 Å². The van der Waals surface area contributed by atoms with Crippen LogP contribution >= 0.6 is 12.2 Å². The topological polar surface area (TPSA) is 43.8 Å². The van der Waals surface area contributed by atoms with Crippen molar-refractivity contribution in [3.63, 3.8) is 0 Å². The van der Waals surface area contributed by atoms with Crippen LogP contribution in [-0.4, -0.2) is 14.5 Å². The van der Waals surface area contributed by atoms with E-state index in [1.807, 2.05) is 10.8 Å². The van der Waals surface area contributed by atoms with Crippen LogP contribution in [0.1, 0.15) is 22.5 Å². The monoisotopic (exact) mass is 245 g/mol. The molecule has 0 unspecified atom stereocenters. The molecule has 0 amide bonds. The minimum atomic E-state index is 0.333. The number of nitrogens with two attached hydrogens (primary N) is 1. The number of rotatable bonds is 3. The Kier molecular flexibility index (Phi) is 3.24. The number of benzene rings is 1. The first-order valence-electron chi connectivity index (χ1n) is 5.44. The first-order chi connectivity index (χ1) is 8.06. The van der Waals surface area contributed by atoms with Crippen molar-refractivity contribution in [2.45, 2.75) is 20.4 Å². The summed E-state index contributed by atoms with van der Waals surface area (Å²) in [6, 6.07) is 6.48. The second-order valence-electron chi connectivity index (χ2n) is 4.24. The van der Waals surface area contributed by atoms with Gasteiger partial charge in [-0.1, -0.05) is 41.5 Å². The summed E-state index contributed by atoms with van der Waals surface area (Å²) in [6.45, 7) is 4.94. The lowest BCUT2D eigenvalue weighted by molar-refractivity contribution is 0.786. The molecule has 1 heterocycles. The molecule has 0 radical (unpaired) electrons. The van der Waals surface area contributed by atoms with E-state index in [9.17, 15) is 0 Å². The van der Waals surface area contributed by atoms with Crippen molar-refractivity contribution in [2.24, 2.45) is 5.73 Å². The van der Waals surface area contributed by atoms with Gasteiger partial charge in [-0.15, -0.1) is 0 Å². The van der Waals surface area contributed by atoms with Crippen LogP contribution in [-0.2, 0) is 6.54 Å². The predicted octanol–water partition coefficient (Wildman–Crippen LogP) is 2.18. The molecule has 17 heavy (non-hydrogen) atoms. The molecular formula is C13H15N3S. The highest BCUT2D eigenvalue weighted by atomic mass is 32.1. The summed E-state index contributed by atoms with van der Waals surface area (Å²) in [5, 5.41) is 0. The van der Waals surface area contributed by atoms with Gasteiger partial charge in [0.2, 0.25) is 0 Å². The second kappa shape index (κ2) is 4.67. The molecule has 0 atom stereocenters. The molecule has 88 valence electrons. The molecule has 0 bridgehead atoms. The molecule has 4 heteroatoms. The van der Waals surface area contributed by atoms with Gasteiger partial charge in [-0.3, -0.25) is 0 Å². The molecule has 1 aromatic carbocycles. The highest BCUT2D eigenvalue weighted by Gasteiger charge is 2.06. The fourth-order valence-electron chi connectivity index (χ4n) is 2.02. The Morgan fingerprint density at radius 2 is 1.94 bits per heavy atom. The maximum Gasteiger partial charge on any atom is 0.167 e. The molecule has 3 nitrogen and oxygen atoms in total. The summed E-state index contributed by atoms with van der Waals surface area (Å²) in [4.78, 5) is 4.49. The maximum absolute atomic E-state index is 5.62. The quantitative estimate of drug-likeness (QED) is 0.843. The molecule has 0 saturated heterocycles. The standard InChI is InChI=1S/C13H15N3S/c1-9-5-10(2)7-11(6-9)8-16-4-3-15-13(16)12(14)17/h3-7H,8H2,1-2H3,(H2,14,17). The van der Waals surface area contributed by atoms with Crippen LogP contribution in [0.5, 0.6) is 0 Å². The first-order valence-corrected chi connectivity index (χ1v) is 5.85. The summed E-state index contributed by atoms with van der Waals surface area (Å²) in [7, 11) is 0. The van der Waals surface area contributed by atoms with E-state index in [4.69, 9.17) is 18.0 Å². The lowest BCUT2D eigenvalue weighted by atomic mass is 10.1. The van der Waals surface area contributed by atoms with Gasteiger partial charge in [0.25, 0.3) is 0 Å². The van der Waals surface area contributed by atoms with E-state index >= 15 is 0 Å². The van der Waals surface area contributed by atoms with Crippen LogP contribution < -0.4 is 5.73 Å². The Morgan fingerprint density at radius 3 is 2.53 bits per heavy atom. The molecule has 0 aliphatic carbocycles. The maximum atomic E-state index is 5.62. The molecule has 0 spiro atoms. The van der Waals surface area contributed by atoms with Gasteiger partial charge in [-0.2, -0.15) is 0 Å². The molecule has 2 aromatic rings. The van der Waals surface area contributed by atoms with Crippen molar-refractivity contribution in [1.29, 1.82) is 0 Å². The number of hydrogen-bond acceptors (Lipinski definition) is 2. The van der Waals surface area contributed by atoms with Crippen molar-refractivity contribution in [1.82, 2.24) is 9.55 Å². The van der Waals surface area contributed by atoms with Crippen molar-refractivity contribution >= 4 is 17.2 Å². The number of nitrogens with zero attached hydrogens (tertiary/aromatic N) is 2. The average molecular weight is 245 g/mol. The molecule has 1 aromatic heterocycles. The number of imidazole rings is 1. The summed E-state index contributed by atoms with van der Waals surface area (Å²) in [5.41, 5.74) is 9.38. The minimum Gasteiger partial charge on any atom is -0.387 e.